The maximum Gasteiger partial charge on any atom is 0.341 e. The normalized spacial score (nSPS) is 16.9. The number of piperazine rings is 1. The standard InChI is InChI=1S/C33H41N5O4/c1-5-18-42-31(40)26-21-38(22-33(3,4)28-25-12-7-8-13-27(25)35-29(26)28)30(39)24-11-9-10-23(19-24)20-36-14-16-37(17-15-36)32(41)34-6-2/h7-13,19,21,35H,5-6,14-18,20,22H2,1-4H3,(H,34,41). The molecule has 9 nitrogen and oxygen atoms in total. The zero-order chi connectivity index (χ0) is 29.9. The van der Waals surface area contributed by atoms with Gasteiger partial charge in [-0.15, -0.1) is 0 Å². The van der Waals surface area contributed by atoms with Crippen LogP contribution in [0.4, 0.5) is 4.79 Å². The lowest BCUT2D eigenvalue weighted by Crippen LogP contribution is -2.51. The van der Waals surface area contributed by atoms with Gasteiger partial charge in [-0.25, -0.2) is 9.59 Å². The molecule has 222 valence electrons. The van der Waals surface area contributed by atoms with E-state index in [1.807, 2.05) is 61.2 Å². The molecule has 0 radical (unpaired) electrons. The molecule has 0 spiro atoms. The molecule has 1 aromatic heterocycles. The van der Waals surface area contributed by atoms with E-state index >= 15 is 0 Å². The Morgan fingerprint density at radius 1 is 1.00 bits per heavy atom. The Morgan fingerprint density at radius 2 is 1.76 bits per heavy atom. The van der Waals surface area contributed by atoms with E-state index in [0.717, 1.165) is 35.1 Å². The molecule has 9 heteroatoms. The summed E-state index contributed by atoms with van der Waals surface area (Å²) >= 11 is 0. The highest BCUT2D eigenvalue weighted by atomic mass is 16.5. The Bertz CT molecular complexity index is 1500. The Hall–Kier alpha value is -4.11. The molecule has 42 heavy (non-hydrogen) atoms. The smallest absolute Gasteiger partial charge is 0.341 e. The first kappa shape index (κ1) is 29.4. The minimum absolute atomic E-state index is 0.0183. The number of aromatic amines is 1. The van der Waals surface area contributed by atoms with Gasteiger partial charge >= 0.3 is 12.0 Å². The zero-order valence-electron chi connectivity index (χ0n) is 25.0. The Kier molecular flexibility index (Phi) is 8.68. The van der Waals surface area contributed by atoms with Crippen molar-refractivity contribution < 1.29 is 19.1 Å². The highest BCUT2D eigenvalue weighted by molar-refractivity contribution is 6.18. The van der Waals surface area contributed by atoms with Crippen LogP contribution >= 0.6 is 0 Å². The minimum Gasteiger partial charge on any atom is -0.462 e. The summed E-state index contributed by atoms with van der Waals surface area (Å²) in [6.45, 7) is 13.0. The lowest BCUT2D eigenvalue weighted by molar-refractivity contribution is -0.136. The van der Waals surface area contributed by atoms with Crippen molar-refractivity contribution in [1.82, 2.24) is 25.0 Å². The van der Waals surface area contributed by atoms with Gasteiger partial charge in [-0.2, -0.15) is 0 Å². The summed E-state index contributed by atoms with van der Waals surface area (Å²) in [4.78, 5) is 48.8. The fraction of sp³-hybridized carbons (Fsp3) is 0.424. The highest BCUT2D eigenvalue weighted by Crippen LogP contribution is 2.40. The average molecular weight is 572 g/mol. The molecule has 3 aromatic rings. The number of esters is 1. The molecular weight excluding hydrogens is 530 g/mol. The summed E-state index contributed by atoms with van der Waals surface area (Å²) in [6, 6.07) is 15.7. The summed E-state index contributed by atoms with van der Waals surface area (Å²) in [7, 11) is 0. The quantitative estimate of drug-likeness (QED) is 0.399. The first-order valence-electron chi connectivity index (χ1n) is 14.9. The van der Waals surface area contributed by atoms with E-state index in [1.165, 1.54) is 0 Å². The van der Waals surface area contributed by atoms with Crippen molar-refractivity contribution in [3.63, 3.8) is 0 Å². The van der Waals surface area contributed by atoms with Gasteiger partial charge in [-0.3, -0.25) is 9.69 Å². The van der Waals surface area contributed by atoms with Gasteiger partial charge in [0.05, 0.1) is 17.9 Å². The third-order valence-electron chi connectivity index (χ3n) is 7.99. The van der Waals surface area contributed by atoms with Crippen LogP contribution in [0.2, 0.25) is 0 Å². The summed E-state index contributed by atoms with van der Waals surface area (Å²) in [5.74, 6) is -0.609. The number of para-hydroxylation sites is 1. The second-order valence-electron chi connectivity index (χ2n) is 11.7. The van der Waals surface area contributed by atoms with Crippen molar-refractivity contribution in [1.29, 1.82) is 0 Å². The number of benzene rings is 2. The largest absolute Gasteiger partial charge is 0.462 e. The SMILES string of the molecule is CCCOC(=O)C1=CN(C(=O)c2cccc(CN3CCN(C(=O)NCC)CC3)c2)CC(C)(C)c2c1[nH]c1ccccc21. The molecule has 0 aliphatic carbocycles. The first-order chi connectivity index (χ1) is 20.2. The number of hydrogen-bond donors (Lipinski definition) is 2. The Labute approximate surface area is 247 Å². The van der Waals surface area contributed by atoms with Crippen LogP contribution in [0, 0.1) is 0 Å². The van der Waals surface area contributed by atoms with Gasteiger partial charge in [0.15, 0.2) is 0 Å². The van der Waals surface area contributed by atoms with Crippen molar-refractivity contribution in [2.75, 3.05) is 45.9 Å². The van der Waals surface area contributed by atoms with Crippen molar-refractivity contribution in [3.05, 3.63) is 77.1 Å². The molecule has 0 unspecified atom stereocenters. The van der Waals surface area contributed by atoms with E-state index in [2.05, 4.69) is 35.1 Å². The van der Waals surface area contributed by atoms with Crippen LogP contribution in [0.15, 0.2) is 54.7 Å². The molecule has 1 saturated heterocycles. The van der Waals surface area contributed by atoms with E-state index in [0.29, 0.717) is 62.6 Å². The van der Waals surface area contributed by atoms with Gasteiger partial charge in [0, 0.05) is 73.9 Å². The summed E-state index contributed by atoms with van der Waals surface area (Å²) in [6.07, 6.45) is 2.37. The number of ether oxygens (including phenoxy) is 1. The van der Waals surface area contributed by atoms with Gasteiger partial charge in [0.2, 0.25) is 0 Å². The molecule has 0 bridgehead atoms. The van der Waals surface area contributed by atoms with Gasteiger partial charge in [0.1, 0.15) is 0 Å². The number of aromatic nitrogens is 1. The maximum atomic E-state index is 14.0. The molecule has 3 amide bonds. The Balaban J connectivity index is 1.40. The van der Waals surface area contributed by atoms with E-state index in [-0.39, 0.29) is 11.9 Å². The molecule has 1 fully saturated rings. The molecular formula is C33H41N5O4. The second-order valence-corrected chi connectivity index (χ2v) is 11.7. The van der Waals surface area contributed by atoms with E-state index in [4.69, 9.17) is 4.74 Å². The number of urea groups is 1. The number of H-pyrrole nitrogens is 1. The number of nitrogens with one attached hydrogen (secondary N) is 2. The number of nitrogens with zero attached hydrogens (tertiary/aromatic N) is 3. The fourth-order valence-corrected chi connectivity index (χ4v) is 5.97. The predicted molar refractivity (Wildman–Crippen MR) is 164 cm³/mol. The number of hydrogen-bond acceptors (Lipinski definition) is 5. The van der Waals surface area contributed by atoms with Crippen LogP contribution in [0.3, 0.4) is 0 Å². The molecule has 2 aliphatic heterocycles. The lowest BCUT2D eigenvalue weighted by Gasteiger charge is -2.34. The molecule has 0 atom stereocenters. The fourth-order valence-electron chi connectivity index (χ4n) is 5.97. The predicted octanol–water partition coefficient (Wildman–Crippen LogP) is 4.74. The minimum atomic E-state index is -0.449. The second kappa shape index (κ2) is 12.4. The molecule has 2 aromatic carbocycles. The van der Waals surface area contributed by atoms with Crippen LogP contribution < -0.4 is 5.32 Å². The van der Waals surface area contributed by atoms with Crippen LogP contribution in [0.1, 0.15) is 61.3 Å². The summed E-state index contributed by atoms with van der Waals surface area (Å²) in [5, 5.41) is 3.90. The number of fused-ring (bicyclic) bond motifs is 3. The van der Waals surface area contributed by atoms with E-state index < -0.39 is 11.4 Å². The molecule has 0 saturated carbocycles. The van der Waals surface area contributed by atoms with Gasteiger partial charge in [0.25, 0.3) is 5.91 Å². The average Bonchev–Trinajstić information content (AvgIpc) is 3.33. The van der Waals surface area contributed by atoms with Crippen molar-refractivity contribution in [3.8, 4) is 0 Å². The van der Waals surface area contributed by atoms with Crippen molar-refractivity contribution in [2.45, 2.75) is 46.1 Å². The van der Waals surface area contributed by atoms with Crippen LogP contribution in [-0.2, 0) is 21.5 Å². The number of rotatable bonds is 7. The number of carbonyl (C=O) groups is 3. The molecule has 2 aliphatic rings. The van der Waals surface area contributed by atoms with Gasteiger partial charge in [-0.1, -0.05) is 51.1 Å². The number of carbonyl (C=O) groups excluding carboxylic acids is 3. The zero-order valence-corrected chi connectivity index (χ0v) is 25.0. The van der Waals surface area contributed by atoms with Crippen LogP contribution in [0.5, 0.6) is 0 Å². The topological polar surface area (TPSA) is 98.0 Å². The molecule has 2 N–H and O–H groups in total. The summed E-state index contributed by atoms with van der Waals surface area (Å²) < 4.78 is 5.58. The Morgan fingerprint density at radius 3 is 2.50 bits per heavy atom. The van der Waals surface area contributed by atoms with Gasteiger partial charge in [-0.05, 0) is 42.7 Å². The maximum absolute atomic E-state index is 14.0. The monoisotopic (exact) mass is 571 g/mol. The molecule has 3 heterocycles. The van der Waals surface area contributed by atoms with E-state index in [9.17, 15) is 14.4 Å². The third kappa shape index (κ3) is 6.06. The van der Waals surface area contributed by atoms with Gasteiger partial charge < -0.3 is 24.8 Å². The third-order valence-corrected chi connectivity index (χ3v) is 7.99. The first-order valence-corrected chi connectivity index (χ1v) is 14.9. The van der Waals surface area contributed by atoms with Crippen LogP contribution in [-0.4, -0.2) is 83.5 Å². The van der Waals surface area contributed by atoms with Crippen molar-refractivity contribution >= 4 is 34.4 Å². The van der Waals surface area contributed by atoms with Crippen molar-refractivity contribution in [2.24, 2.45) is 0 Å². The summed E-state index contributed by atoms with van der Waals surface area (Å²) in [5.41, 5.74) is 4.17. The van der Waals surface area contributed by atoms with E-state index in [1.54, 1.807) is 11.1 Å². The lowest BCUT2D eigenvalue weighted by atomic mass is 9.81. The number of amides is 3. The van der Waals surface area contributed by atoms with Crippen LogP contribution in [0.25, 0.3) is 16.5 Å². The highest BCUT2D eigenvalue weighted by Gasteiger charge is 2.37. The molecule has 5 rings (SSSR count).